The summed E-state index contributed by atoms with van der Waals surface area (Å²) >= 11 is 0. The number of nitrogens with zero attached hydrogens (tertiary/aromatic N) is 1. The van der Waals surface area contributed by atoms with Crippen LogP contribution in [0.2, 0.25) is 0 Å². The van der Waals surface area contributed by atoms with Crippen LogP contribution in [0, 0.1) is 5.92 Å². The first-order valence-electron chi connectivity index (χ1n) is 7.67. The minimum atomic E-state index is -0.746. The third-order valence-electron chi connectivity index (χ3n) is 5.41. The lowest BCUT2D eigenvalue weighted by molar-refractivity contribution is -0.166. The van der Waals surface area contributed by atoms with Crippen molar-refractivity contribution in [2.24, 2.45) is 5.92 Å². The Morgan fingerprint density at radius 3 is 2.50 bits per heavy atom. The molecule has 3 aliphatic rings. The van der Waals surface area contributed by atoms with Crippen LogP contribution in [-0.2, 0) is 14.3 Å². The molecule has 1 aliphatic carbocycles. The Bertz CT molecular complexity index is 442. The van der Waals surface area contributed by atoms with E-state index in [1.807, 2.05) is 25.7 Å². The smallest absolute Gasteiger partial charge is 0.249 e. The predicted molar refractivity (Wildman–Crippen MR) is 74.0 cm³/mol. The molecule has 1 saturated carbocycles. The van der Waals surface area contributed by atoms with E-state index in [1.54, 1.807) is 0 Å². The van der Waals surface area contributed by atoms with Crippen molar-refractivity contribution in [2.45, 2.75) is 63.6 Å². The van der Waals surface area contributed by atoms with Gasteiger partial charge in [0.1, 0.15) is 11.1 Å². The maximum absolute atomic E-state index is 13.1. The molecule has 5 heteroatoms. The van der Waals surface area contributed by atoms with Crippen molar-refractivity contribution in [3.8, 4) is 0 Å². The van der Waals surface area contributed by atoms with E-state index in [0.29, 0.717) is 25.6 Å². The Morgan fingerprint density at radius 1 is 1.30 bits per heavy atom. The molecule has 5 nitrogen and oxygen atoms in total. The molecule has 0 bridgehead atoms. The van der Waals surface area contributed by atoms with Gasteiger partial charge in [0.05, 0.1) is 12.6 Å². The van der Waals surface area contributed by atoms with E-state index in [0.717, 1.165) is 19.3 Å². The summed E-state index contributed by atoms with van der Waals surface area (Å²) in [6, 6.07) is 0.0385. The first-order valence-corrected chi connectivity index (χ1v) is 7.67. The molecule has 2 aliphatic heterocycles. The molecule has 3 unspecified atom stereocenters. The van der Waals surface area contributed by atoms with Gasteiger partial charge in [-0.05, 0) is 45.4 Å². The van der Waals surface area contributed by atoms with Crippen LogP contribution in [0.3, 0.4) is 0 Å². The van der Waals surface area contributed by atoms with Crippen molar-refractivity contribution in [3.63, 3.8) is 0 Å². The summed E-state index contributed by atoms with van der Waals surface area (Å²) in [6.45, 7) is 6.97. The van der Waals surface area contributed by atoms with Gasteiger partial charge in [-0.2, -0.15) is 0 Å². The van der Waals surface area contributed by atoms with E-state index in [2.05, 4.69) is 5.32 Å². The zero-order chi connectivity index (χ0) is 14.5. The molecule has 20 heavy (non-hydrogen) atoms. The molecule has 0 spiro atoms. The zero-order valence-corrected chi connectivity index (χ0v) is 12.6. The van der Waals surface area contributed by atoms with Gasteiger partial charge in [0.15, 0.2) is 0 Å². The van der Waals surface area contributed by atoms with Crippen molar-refractivity contribution >= 4 is 11.8 Å². The van der Waals surface area contributed by atoms with Gasteiger partial charge in [-0.1, -0.05) is 6.92 Å². The average Bonchev–Trinajstić information content (AvgIpc) is 3.16. The summed E-state index contributed by atoms with van der Waals surface area (Å²) < 4.78 is 5.45. The fourth-order valence-corrected chi connectivity index (χ4v) is 3.57. The van der Waals surface area contributed by atoms with E-state index in [9.17, 15) is 9.59 Å². The van der Waals surface area contributed by atoms with Gasteiger partial charge in [0.2, 0.25) is 11.8 Å². The second kappa shape index (κ2) is 4.45. The second-order valence-corrected chi connectivity index (χ2v) is 6.75. The molecule has 112 valence electrons. The van der Waals surface area contributed by atoms with E-state index in [4.69, 9.17) is 4.74 Å². The maximum Gasteiger partial charge on any atom is 0.249 e. The number of carbonyl (C=O) groups excluding carboxylic acids is 2. The molecule has 1 N–H and O–H groups in total. The number of rotatable bonds is 3. The van der Waals surface area contributed by atoms with Crippen LogP contribution in [0.4, 0.5) is 0 Å². The number of hydrogen-bond acceptors (Lipinski definition) is 3. The molecule has 0 aromatic carbocycles. The molecule has 3 atom stereocenters. The Balaban J connectivity index is 1.98. The molecule has 3 fully saturated rings. The summed E-state index contributed by atoms with van der Waals surface area (Å²) in [4.78, 5) is 27.6. The SMILES string of the molecule is CCC1(C)C(=O)NC(C)(C2CC2)C(=O)N1C1CCOC1. The average molecular weight is 280 g/mol. The number of amides is 2. The van der Waals surface area contributed by atoms with E-state index in [-0.39, 0.29) is 17.9 Å². The molecular weight excluding hydrogens is 256 g/mol. The zero-order valence-electron chi connectivity index (χ0n) is 12.6. The Hall–Kier alpha value is -1.10. The Morgan fingerprint density at radius 2 is 2.00 bits per heavy atom. The third kappa shape index (κ3) is 1.79. The van der Waals surface area contributed by atoms with E-state index < -0.39 is 11.1 Å². The number of piperazine rings is 1. The minimum Gasteiger partial charge on any atom is -0.379 e. The van der Waals surface area contributed by atoms with Gasteiger partial charge >= 0.3 is 0 Å². The van der Waals surface area contributed by atoms with Gasteiger partial charge < -0.3 is 15.0 Å². The van der Waals surface area contributed by atoms with Gasteiger partial charge in [0.25, 0.3) is 0 Å². The maximum atomic E-state index is 13.1. The normalized spacial score (nSPS) is 42.0. The molecule has 2 amide bonds. The quantitative estimate of drug-likeness (QED) is 0.841. The predicted octanol–water partition coefficient (Wildman–Crippen LogP) is 1.07. The standard InChI is InChI=1S/C15H24N2O3/c1-4-14(2)12(18)16-15(3,10-5-6-10)13(19)17(14)11-7-8-20-9-11/h10-11H,4-9H2,1-3H3,(H,16,18). The Labute approximate surface area is 120 Å². The highest BCUT2D eigenvalue weighted by molar-refractivity contribution is 6.02. The fraction of sp³-hybridized carbons (Fsp3) is 0.867. The number of carbonyl (C=O) groups is 2. The van der Waals surface area contributed by atoms with Gasteiger partial charge in [-0.15, -0.1) is 0 Å². The van der Waals surface area contributed by atoms with Crippen LogP contribution >= 0.6 is 0 Å². The third-order valence-corrected chi connectivity index (χ3v) is 5.41. The van der Waals surface area contributed by atoms with Crippen molar-refractivity contribution in [1.29, 1.82) is 0 Å². The van der Waals surface area contributed by atoms with Crippen LogP contribution in [0.25, 0.3) is 0 Å². The van der Waals surface area contributed by atoms with Gasteiger partial charge in [0, 0.05) is 6.61 Å². The lowest BCUT2D eigenvalue weighted by atomic mass is 9.81. The van der Waals surface area contributed by atoms with Crippen LogP contribution in [0.1, 0.15) is 46.5 Å². The fourth-order valence-electron chi connectivity index (χ4n) is 3.57. The number of nitrogens with one attached hydrogen (secondary N) is 1. The lowest BCUT2D eigenvalue weighted by Gasteiger charge is -2.52. The summed E-state index contributed by atoms with van der Waals surface area (Å²) in [5.41, 5.74) is -1.46. The molecule has 0 aromatic rings. The van der Waals surface area contributed by atoms with Crippen LogP contribution in [0.15, 0.2) is 0 Å². The van der Waals surface area contributed by atoms with Crippen LogP contribution < -0.4 is 5.32 Å². The lowest BCUT2D eigenvalue weighted by Crippen LogP contribution is -2.76. The van der Waals surface area contributed by atoms with Gasteiger partial charge in [-0.25, -0.2) is 0 Å². The van der Waals surface area contributed by atoms with E-state index in [1.165, 1.54) is 0 Å². The summed E-state index contributed by atoms with van der Waals surface area (Å²) in [5, 5.41) is 3.03. The molecule has 2 saturated heterocycles. The summed E-state index contributed by atoms with van der Waals surface area (Å²) in [6.07, 6.45) is 3.51. The van der Waals surface area contributed by atoms with Crippen molar-refractivity contribution in [3.05, 3.63) is 0 Å². The van der Waals surface area contributed by atoms with Gasteiger partial charge in [-0.3, -0.25) is 9.59 Å². The first kappa shape index (κ1) is 13.9. The summed E-state index contributed by atoms with van der Waals surface area (Å²) in [7, 11) is 0. The van der Waals surface area contributed by atoms with Crippen LogP contribution in [0.5, 0.6) is 0 Å². The molecule has 0 aromatic heterocycles. The second-order valence-electron chi connectivity index (χ2n) is 6.75. The largest absolute Gasteiger partial charge is 0.379 e. The monoisotopic (exact) mass is 280 g/mol. The minimum absolute atomic E-state index is 0.0131. The van der Waals surface area contributed by atoms with Crippen molar-refractivity contribution in [2.75, 3.05) is 13.2 Å². The first-order chi connectivity index (χ1) is 9.43. The van der Waals surface area contributed by atoms with Crippen LogP contribution in [-0.4, -0.2) is 47.0 Å². The summed E-state index contributed by atoms with van der Waals surface area (Å²) in [5.74, 6) is 0.366. The Kier molecular flexibility index (Phi) is 3.08. The highest BCUT2D eigenvalue weighted by Gasteiger charge is 2.60. The highest BCUT2D eigenvalue weighted by atomic mass is 16.5. The topological polar surface area (TPSA) is 58.6 Å². The molecular formula is C15H24N2O3. The van der Waals surface area contributed by atoms with Crippen molar-refractivity contribution < 1.29 is 14.3 Å². The highest BCUT2D eigenvalue weighted by Crippen LogP contribution is 2.45. The number of hydrogen-bond donors (Lipinski definition) is 1. The molecule has 0 radical (unpaired) electrons. The van der Waals surface area contributed by atoms with Crippen molar-refractivity contribution in [1.82, 2.24) is 10.2 Å². The number of ether oxygens (including phenoxy) is 1. The molecule has 2 heterocycles. The van der Waals surface area contributed by atoms with E-state index >= 15 is 0 Å². The molecule has 3 rings (SSSR count).